The van der Waals surface area contributed by atoms with Gasteiger partial charge in [-0.1, -0.05) is 30.7 Å². The summed E-state index contributed by atoms with van der Waals surface area (Å²) in [5.74, 6) is 1.32. The lowest BCUT2D eigenvalue weighted by Gasteiger charge is -2.12. The minimum Gasteiger partial charge on any atom is -0.497 e. The average Bonchev–Trinajstić information content (AvgIpc) is 2.72. The molecule has 2 rings (SSSR count). The molecule has 0 aliphatic rings. The van der Waals surface area contributed by atoms with Crippen molar-refractivity contribution in [3.05, 3.63) is 28.9 Å². The Morgan fingerprint density at radius 1 is 1.39 bits per heavy atom. The summed E-state index contributed by atoms with van der Waals surface area (Å²) in [5.41, 5.74) is 7.38. The normalized spacial score (nSPS) is 10.9. The zero-order chi connectivity index (χ0) is 13.3. The van der Waals surface area contributed by atoms with E-state index in [1.54, 1.807) is 23.9 Å². The van der Waals surface area contributed by atoms with Crippen LogP contribution < -0.4 is 10.5 Å². The highest BCUT2D eigenvalue weighted by molar-refractivity contribution is 6.32. The van der Waals surface area contributed by atoms with Gasteiger partial charge in [-0.3, -0.25) is 0 Å². The first-order valence-electron chi connectivity index (χ1n) is 5.59. The molecule has 0 bridgehead atoms. The van der Waals surface area contributed by atoms with Crippen LogP contribution in [0, 0.1) is 0 Å². The number of hydrogen-bond acceptors (Lipinski definition) is 4. The molecule has 2 N–H and O–H groups in total. The monoisotopic (exact) mass is 266 g/mol. The lowest BCUT2D eigenvalue weighted by molar-refractivity contribution is 0.414. The molecule has 1 aromatic heterocycles. The summed E-state index contributed by atoms with van der Waals surface area (Å²) in [7, 11) is 1.60. The Morgan fingerprint density at radius 3 is 2.72 bits per heavy atom. The van der Waals surface area contributed by atoms with E-state index in [2.05, 4.69) is 10.3 Å². The van der Waals surface area contributed by atoms with Crippen LogP contribution in [0.1, 0.15) is 25.5 Å². The molecule has 0 amide bonds. The number of nitrogens with zero attached hydrogens (tertiary/aromatic N) is 3. The maximum Gasteiger partial charge on any atom is 0.169 e. The number of nitrogens with two attached hydrogens (primary N) is 1. The first kappa shape index (κ1) is 12.7. The maximum absolute atomic E-state index is 6.19. The smallest absolute Gasteiger partial charge is 0.169 e. The van der Waals surface area contributed by atoms with Crippen LogP contribution in [0.25, 0.3) is 5.69 Å². The van der Waals surface area contributed by atoms with E-state index in [4.69, 9.17) is 22.1 Å². The molecular formula is C12H15ClN4O. The molecule has 6 heteroatoms. The minimum absolute atomic E-state index is 0.197. The number of anilines is 1. The second kappa shape index (κ2) is 4.86. The highest BCUT2D eigenvalue weighted by Crippen LogP contribution is 2.29. The average molecular weight is 267 g/mol. The van der Waals surface area contributed by atoms with Crippen molar-refractivity contribution in [2.75, 3.05) is 12.8 Å². The number of halogens is 1. The van der Waals surface area contributed by atoms with Gasteiger partial charge in [-0.05, 0) is 18.1 Å². The molecule has 1 heterocycles. The third kappa shape index (κ3) is 2.13. The van der Waals surface area contributed by atoms with Gasteiger partial charge in [0.2, 0.25) is 0 Å². The SMILES string of the molecule is COc1ccc(Cl)c(-n2nnc(N)c2C(C)C)c1. The highest BCUT2D eigenvalue weighted by atomic mass is 35.5. The quantitative estimate of drug-likeness (QED) is 0.927. The van der Waals surface area contributed by atoms with Crippen LogP contribution in [-0.2, 0) is 0 Å². The second-order valence-electron chi connectivity index (χ2n) is 4.24. The fraction of sp³-hybridized carbons (Fsp3) is 0.333. The van der Waals surface area contributed by atoms with Gasteiger partial charge in [0.15, 0.2) is 5.82 Å². The zero-order valence-corrected chi connectivity index (χ0v) is 11.3. The first-order valence-corrected chi connectivity index (χ1v) is 5.97. The van der Waals surface area contributed by atoms with E-state index in [-0.39, 0.29) is 5.92 Å². The number of ether oxygens (including phenoxy) is 1. The topological polar surface area (TPSA) is 66.0 Å². The van der Waals surface area contributed by atoms with E-state index in [1.807, 2.05) is 19.9 Å². The van der Waals surface area contributed by atoms with Crippen LogP contribution in [0.2, 0.25) is 5.02 Å². The fourth-order valence-corrected chi connectivity index (χ4v) is 2.00. The van der Waals surface area contributed by atoms with Crippen LogP contribution in [0.3, 0.4) is 0 Å². The van der Waals surface area contributed by atoms with Crippen molar-refractivity contribution in [2.45, 2.75) is 19.8 Å². The summed E-state index contributed by atoms with van der Waals surface area (Å²) in [6.07, 6.45) is 0. The summed E-state index contributed by atoms with van der Waals surface area (Å²) >= 11 is 6.19. The second-order valence-corrected chi connectivity index (χ2v) is 4.65. The van der Waals surface area contributed by atoms with Crippen LogP contribution in [0.15, 0.2) is 18.2 Å². The molecule has 0 aliphatic carbocycles. The van der Waals surface area contributed by atoms with Crippen molar-refractivity contribution in [1.29, 1.82) is 0 Å². The third-order valence-electron chi connectivity index (χ3n) is 2.66. The van der Waals surface area contributed by atoms with Gasteiger partial charge >= 0.3 is 0 Å². The Labute approximate surface area is 111 Å². The molecule has 0 fully saturated rings. The van der Waals surface area contributed by atoms with Crippen LogP contribution >= 0.6 is 11.6 Å². The summed E-state index contributed by atoms with van der Waals surface area (Å²) in [6, 6.07) is 5.36. The number of nitrogen functional groups attached to an aromatic ring is 1. The fourth-order valence-electron chi connectivity index (χ4n) is 1.80. The number of benzene rings is 1. The summed E-state index contributed by atoms with van der Waals surface area (Å²) < 4.78 is 6.84. The molecule has 96 valence electrons. The van der Waals surface area contributed by atoms with E-state index in [0.717, 1.165) is 5.69 Å². The van der Waals surface area contributed by atoms with Gasteiger partial charge in [-0.15, -0.1) is 5.10 Å². The molecule has 18 heavy (non-hydrogen) atoms. The number of hydrogen-bond donors (Lipinski definition) is 1. The predicted molar refractivity (Wildman–Crippen MR) is 71.4 cm³/mol. The largest absolute Gasteiger partial charge is 0.497 e. The van der Waals surface area contributed by atoms with Gasteiger partial charge in [0.1, 0.15) is 5.75 Å². The zero-order valence-electron chi connectivity index (χ0n) is 10.5. The first-order chi connectivity index (χ1) is 8.54. The molecule has 2 aromatic rings. The maximum atomic E-state index is 6.19. The molecular weight excluding hydrogens is 252 g/mol. The van der Waals surface area contributed by atoms with Crippen LogP contribution in [0.5, 0.6) is 5.75 Å². The number of rotatable bonds is 3. The lowest BCUT2D eigenvalue weighted by Crippen LogP contribution is -2.06. The number of methoxy groups -OCH3 is 1. The van der Waals surface area contributed by atoms with E-state index >= 15 is 0 Å². The Hall–Kier alpha value is -1.75. The molecule has 0 aliphatic heterocycles. The van der Waals surface area contributed by atoms with Gasteiger partial charge in [0.05, 0.1) is 23.5 Å². The molecule has 0 radical (unpaired) electrons. The standard InChI is InChI=1S/C12H15ClN4O/c1-7(2)11-12(14)15-16-17(11)10-6-8(18-3)4-5-9(10)13/h4-7H,14H2,1-3H3. The van der Waals surface area contributed by atoms with Gasteiger partial charge in [-0.2, -0.15) is 0 Å². The summed E-state index contributed by atoms with van der Waals surface area (Å²) in [6.45, 7) is 4.05. The van der Waals surface area contributed by atoms with Gasteiger partial charge in [0.25, 0.3) is 0 Å². The molecule has 0 unspecified atom stereocenters. The lowest BCUT2D eigenvalue weighted by atomic mass is 10.1. The van der Waals surface area contributed by atoms with Crippen molar-refractivity contribution < 1.29 is 4.74 Å². The van der Waals surface area contributed by atoms with Crippen LogP contribution in [-0.4, -0.2) is 22.1 Å². The minimum atomic E-state index is 0.197. The molecule has 0 spiro atoms. The summed E-state index contributed by atoms with van der Waals surface area (Å²) in [5, 5.41) is 8.52. The predicted octanol–water partition coefficient (Wildman–Crippen LogP) is 2.63. The van der Waals surface area contributed by atoms with Crippen molar-refractivity contribution in [1.82, 2.24) is 15.0 Å². The van der Waals surface area contributed by atoms with E-state index in [9.17, 15) is 0 Å². The van der Waals surface area contributed by atoms with Gasteiger partial charge < -0.3 is 10.5 Å². The van der Waals surface area contributed by atoms with Crippen molar-refractivity contribution in [2.24, 2.45) is 0 Å². The van der Waals surface area contributed by atoms with Crippen molar-refractivity contribution >= 4 is 17.4 Å². The van der Waals surface area contributed by atoms with Crippen LogP contribution in [0.4, 0.5) is 5.82 Å². The third-order valence-corrected chi connectivity index (χ3v) is 2.98. The summed E-state index contributed by atoms with van der Waals surface area (Å²) in [4.78, 5) is 0. The molecule has 0 saturated heterocycles. The van der Waals surface area contributed by atoms with E-state index in [0.29, 0.717) is 22.3 Å². The van der Waals surface area contributed by atoms with Crippen molar-refractivity contribution in [3.8, 4) is 11.4 Å². The highest BCUT2D eigenvalue weighted by Gasteiger charge is 2.17. The molecule has 0 saturated carbocycles. The molecule has 5 nitrogen and oxygen atoms in total. The van der Waals surface area contributed by atoms with E-state index < -0.39 is 0 Å². The van der Waals surface area contributed by atoms with Gasteiger partial charge in [0, 0.05) is 6.07 Å². The Kier molecular flexibility index (Phi) is 3.43. The number of aromatic nitrogens is 3. The van der Waals surface area contributed by atoms with Crippen molar-refractivity contribution in [3.63, 3.8) is 0 Å². The Morgan fingerprint density at radius 2 is 2.11 bits per heavy atom. The molecule has 0 atom stereocenters. The Balaban J connectivity index is 2.61. The Bertz CT molecular complexity index is 565. The molecule has 1 aromatic carbocycles. The van der Waals surface area contributed by atoms with E-state index in [1.165, 1.54) is 0 Å². The van der Waals surface area contributed by atoms with Gasteiger partial charge in [-0.25, -0.2) is 4.68 Å².